The lowest BCUT2D eigenvalue weighted by atomic mass is 9.99. The lowest BCUT2D eigenvalue weighted by molar-refractivity contribution is -0.305. The summed E-state index contributed by atoms with van der Waals surface area (Å²) in [6, 6.07) is -1.04. The molecule has 0 aliphatic carbocycles. The monoisotopic (exact) mass is 1010 g/mol. The van der Waals surface area contributed by atoms with Crippen molar-refractivity contribution in [3.05, 3.63) is 85.1 Å². The van der Waals surface area contributed by atoms with Gasteiger partial charge < -0.3 is 45.1 Å². The van der Waals surface area contributed by atoms with Gasteiger partial charge in [-0.25, -0.2) is 0 Å². The maximum Gasteiger partial charge on any atom is 0.306 e. The summed E-state index contributed by atoms with van der Waals surface area (Å²) in [6.45, 7) is 5.61. The van der Waals surface area contributed by atoms with Crippen LogP contribution in [0.3, 0.4) is 0 Å². The van der Waals surface area contributed by atoms with Crippen molar-refractivity contribution >= 4 is 11.9 Å². The molecular formula is C61H105NO10. The molecule has 1 rings (SSSR count). The van der Waals surface area contributed by atoms with Crippen LogP contribution in [0, 0.1) is 0 Å². The summed E-state index contributed by atoms with van der Waals surface area (Å²) in [6.07, 6.45) is 52.0. The van der Waals surface area contributed by atoms with E-state index >= 15 is 0 Å². The first-order valence-corrected chi connectivity index (χ1v) is 28.9. The molecule has 72 heavy (non-hydrogen) atoms. The van der Waals surface area contributed by atoms with Gasteiger partial charge in [0.2, 0.25) is 5.91 Å². The minimum Gasteiger partial charge on any atom is -0.454 e. The van der Waals surface area contributed by atoms with Crippen LogP contribution in [0.1, 0.15) is 226 Å². The van der Waals surface area contributed by atoms with Gasteiger partial charge in [-0.3, -0.25) is 9.59 Å². The van der Waals surface area contributed by atoms with Gasteiger partial charge in [-0.2, -0.15) is 0 Å². The van der Waals surface area contributed by atoms with Gasteiger partial charge in [0.1, 0.15) is 24.4 Å². The van der Waals surface area contributed by atoms with Gasteiger partial charge in [0.15, 0.2) is 12.4 Å². The molecule has 1 amide bonds. The maximum atomic E-state index is 13.3. The average Bonchev–Trinajstić information content (AvgIpc) is 3.38. The van der Waals surface area contributed by atoms with Gasteiger partial charge in [-0.05, 0) is 96.3 Å². The van der Waals surface area contributed by atoms with Gasteiger partial charge >= 0.3 is 5.97 Å². The van der Waals surface area contributed by atoms with Gasteiger partial charge in [0.05, 0.1) is 25.4 Å². The SMILES string of the molecule is CC/C=C\C/C=C\C/C=C\C/C=C\C/C=C\CCCCCC(=O)OC1C(OCC(NC(=O)C(O)CCCC/C=C\CCCCCCCCC)C(O)/C=C/CCCCCCCCCCC)OC(CO)C(O)C1O. The summed E-state index contributed by atoms with van der Waals surface area (Å²) in [4.78, 5) is 26.4. The zero-order chi connectivity index (χ0) is 52.5. The topological polar surface area (TPSA) is 175 Å². The number of hydrogen-bond acceptors (Lipinski definition) is 10. The van der Waals surface area contributed by atoms with Crippen LogP contribution in [0.15, 0.2) is 85.1 Å². The maximum absolute atomic E-state index is 13.3. The Hall–Kier alpha value is -3.16. The van der Waals surface area contributed by atoms with Gasteiger partial charge in [0.25, 0.3) is 0 Å². The molecule has 0 aromatic carbocycles. The zero-order valence-electron chi connectivity index (χ0n) is 45.5. The molecule has 1 aliphatic heterocycles. The molecule has 1 saturated heterocycles. The van der Waals surface area contributed by atoms with Crippen LogP contribution in [0.4, 0.5) is 0 Å². The Morgan fingerprint density at radius 2 is 1.00 bits per heavy atom. The van der Waals surface area contributed by atoms with E-state index in [0.29, 0.717) is 12.8 Å². The van der Waals surface area contributed by atoms with Gasteiger partial charge in [0, 0.05) is 6.42 Å². The lowest BCUT2D eigenvalue weighted by Crippen LogP contribution is -2.61. The molecule has 11 heteroatoms. The van der Waals surface area contributed by atoms with Crippen LogP contribution in [0.25, 0.3) is 0 Å². The van der Waals surface area contributed by atoms with Crippen LogP contribution in [-0.2, 0) is 23.8 Å². The van der Waals surface area contributed by atoms with E-state index in [0.717, 1.165) is 96.3 Å². The van der Waals surface area contributed by atoms with Crippen LogP contribution in [0.2, 0.25) is 0 Å². The predicted octanol–water partition coefficient (Wildman–Crippen LogP) is 13.0. The van der Waals surface area contributed by atoms with Crippen molar-refractivity contribution < 1.29 is 49.3 Å². The summed E-state index contributed by atoms with van der Waals surface area (Å²) in [5.41, 5.74) is 0. The molecular weight excluding hydrogens is 907 g/mol. The number of esters is 1. The van der Waals surface area contributed by atoms with E-state index in [4.69, 9.17) is 14.2 Å². The fourth-order valence-electron chi connectivity index (χ4n) is 8.44. The molecule has 0 bridgehead atoms. The minimum absolute atomic E-state index is 0.0791. The van der Waals surface area contributed by atoms with Crippen molar-refractivity contribution in [1.82, 2.24) is 5.32 Å². The van der Waals surface area contributed by atoms with Crippen LogP contribution in [0.5, 0.6) is 0 Å². The second kappa shape index (κ2) is 48.8. The highest BCUT2D eigenvalue weighted by atomic mass is 16.7. The van der Waals surface area contributed by atoms with Gasteiger partial charge in [-0.1, -0.05) is 209 Å². The van der Waals surface area contributed by atoms with Crippen molar-refractivity contribution in [2.45, 2.75) is 275 Å². The molecule has 0 saturated carbocycles. The van der Waals surface area contributed by atoms with E-state index in [2.05, 4.69) is 99.0 Å². The first-order valence-electron chi connectivity index (χ1n) is 28.9. The molecule has 414 valence electrons. The number of amides is 1. The molecule has 0 aromatic heterocycles. The quantitative estimate of drug-likeness (QED) is 0.0196. The lowest BCUT2D eigenvalue weighted by Gasteiger charge is -2.41. The van der Waals surface area contributed by atoms with E-state index in [-0.39, 0.29) is 19.4 Å². The summed E-state index contributed by atoms with van der Waals surface area (Å²) >= 11 is 0. The number of ether oxygens (including phenoxy) is 3. The number of nitrogens with one attached hydrogen (secondary N) is 1. The highest BCUT2D eigenvalue weighted by Crippen LogP contribution is 2.26. The third-order valence-corrected chi connectivity index (χ3v) is 13.0. The second-order valence-corrected chi connectivity index (χ2v) is 19.6. The number of carbonyl (C=O) groups excluding carboxylic acids is 2. The van der Waals surface area contributed by atoms with Crippen LogP contribution in [-0.4, -0.2) is 99.6 Å². The Bertz CT molecular complexity index is 1490. The summed E-state index contributed by atoms with van der Waals surface area (Å²) in [5.74, 6) is -1.25. The fraction of sp³-hybridized carbons (Fsp3) is 0.738. The Kier molecular flexibility index (Phi) is 45.3. The van der Waals surface area contributed by atoms with Crippen LogP contribution >= 0.6 is 0 Å². The molecule has 1 heterocycles. The van der Waals surface area contributed by atoms with Crippen molar-refractivity contribution in [2.75, 3.05) is 13.2 Å². The molecule has 1 fully saturated rings. The summed E-state index contributed by atoms with van der Waals surface area (Å²) < 4.78 is 17.5. The van der Waals surface area contributed by atoms with Crippen LogP contribution < -0.4 is 5.32 Å². The van der Waals surface area contributed by atoms with Crippen molar-refractivity contribution in [2.24, 2.45) is 0 Å². The summed E-state index contributed by atoms with van der Waals surface area (Å²) in [7, 11) is 0. The van der Waals surface area contributed by atoms with Crippen molar-refractivity contribution in [3.63, 3.8) is 0 Å². The minimum atomic E-state index is -1.63. The molecule has 8 atom stereocenters. The Balaban J connectivity index is 2.74. The smallest absolute Gasteiger partial charge is 0.306 e. The highest BCUT2D eigenvalue weighted by molar-refractivity contribution is 5.80. The second-order valence-electron chi connectivity index (χ2n) is 19.6. The zero-order valence-corrected chi connectivity index (χ0v) is 45.5. The number of carbonyl (C=O) groups is 2. The van der Waals surface area contributed by atoms with Crippen molar-refractivity contribution in [3.8, 4) is 0 Å². The van der Waals surface area contributed by atoms with E-state index in [1.54, 1.807) is 6.08 Å². The largest absolute Gasteiger partial charge is 0.454 e. The van der Waals surface area contributed by atoms with E-state index in [1.165, 1.54) is 83.5 Å². The third-order valence-electron chi connectivity index (χ3n) is 13.0. The predicted molar refractivity (Wildman–Crippen MR) is 296 cm³/mol. The molecule has 0 radical (unpaired) electrons. The number of hydrogen-bond donors (Lipinski definition) is 6. The molecule has 6 N–H and O–H groups in total. The number of aliphatic hydroxyl groups excluding tert-OH is 5. The van der Waals surface area contributed by atoms with E-state index in [9.17, 15) is 35.1 Å². The van der Waals surface area contributed by atoms with E-state index < -0.39 is 67.4 Å². The highest BCUT2D eigenvalue weighted by Gasteiger charge is 2.47. The molecule has 0 aromatic rings. The Morgan fingerprint density at radius 1 is 0.556 bits per heavy atom. The average molecular weight is 1010 g/mol. The third kappa shape index (κ3) is 36.7. The first-order chi connectivity index (χ1) is 35.2. The Labute approximate surface area is 438 Å². The first kappa shape index (κ1) is 66.9. The Morgan fingerprint density at radius 3 is 1.51 bits per heavy atom. The number of rotatable bonds is 47. The number of unbranched alkanes of at least 4 members (excludes halogenated alkanes) is 21. The molecule has 0 spiro atoms. The molecule has 1 aliphatic rings. The summed E-state index contributed by atoms with van der Waals surface area (Å²) in [5, 5.41) is 56.7. The number of aliphatic hydroxyl groups is 5. The fourth-order valence-corrected chi connectivity index (χ4v) is 8.44. The molecule has 8 unspecified atom stereocenters. The van der Waals surface area contributed by atoms with Gasteiger partial charge in [-0.15, -0.1) is 0 Å². The van der Waals surface area contributed by atoms with Crippen molar-refractivity contribution in [1.29, 1.82) is 0 Å². The van der Waals surface area contributed by atoms with E-state index in [1.807, 2.05) is 6.08 Å². The number of allylic oxidation sites excluding steroid dienone is 13. The normalized spacial score (nSPS) is 20.1. The standard InChI is InChI=1S/C61H105NO10/c1-4-7-10-13-16-19-22-24-25-26-27-28-29-31-34-37-40-43-46-49-56(66)72-59-58(68)57(67)55(50-63)71-61(59)70-51-52(53(64)47-44-41-38-35-32-21-18-15-12-9-6-3)62-60(69)54(65)48-45-42-39-36-33-30-23-20-17-14-11-8-5-2/h7,10,16,19,24-25,27-28,31,33-34,36,44,47,52-55,57-59,61,63-65,67-68H,4-6,8-9,11-15,17-18,20-23,26,29-30,32,35,37-43,45-46,48-51H2,1-3H3,(H,62,69)/b10-7-,19-16-,25-24-,28-27-,34-31-,36-33-,47-44+. The molecule has 11 nitrogen and oxygen atoms in total.